The average molecular weight is 348 g/mol. The first kappa shape index (κ1) is 16.4. The lowest BCUT2D eigenvalue weighted by atomic mass is 10.2. The van der Waals surface area contributed by atoms with E-state index in [9.17, 15) is 4.79 Å². The molecule has 0 spiro atoms. The highest BCUT2D eigenvalue weighted by atomic mass is 16.1. The van der Waals surface area contributed by atoms with Gasteiger partial charge in [0.15, 0.2) is 0 Å². The average Bonchev–Trinajstić information content (AvgIpc) is 3.12. The van der Waals surface area contributed by atoms with Crippen molar-refractivity contribution in [1.29, 1.82) is 0 Å². The van der Waals surface area contributed by atoms with Crippen LogP contribution in [-0.2, 0) is 6.54 Å². The molecule has 3 aromatic heterocycles. The molecular formula is C19H20N6O. The molecule has 132 valence electrons. The van der Waals surface area contributed by atoms with Gasteiger partial charge in [-0.1, -0.05) is 0 Å². The highest BCUT2D eigenvalue weighted by Gasteiger charge is 2.27. The number of pyridine rings is 1. The summed E-state index contributed by atoms with van der Waals surface area (Å²) < 4.78 is 1.56. The summed E-state index contributed by atoms with van der Waals surface area (Å²) in [5, 5.41) is 4.57. The van der Waals surface area contributed by atoms with Crippen molar-refractivity contribution in [3.8, 4) is 11.3 Å². The fourth-order valence-electron chi connectivity index (χ4n) is 3.37. The van der Waals surface area contributed by atoms with Gasteiger partial charge in [0.1, 0.15) is 5.82 Å². The number of rotatable bonds is 4. The molecule has 0 amide bonds. The molecule has 0 aliphatic carbocycles. The van der Waals surface area contributed by atoms with Crippen LogP contribution < -0.4 is 10.5 Å². The number of hydrogen-bond acceptors (Lipinski definition) is 6. The molecule has 4 rings (SSSR count). The van der Waals surface area contributed by atoms with Gasteiger partial charge in [-0.3, -0.25) is 14.8 Å². The van der Waals surface area contributed by atoms with E-state index in [0.29, 0.717) is 6.54 Å². The van der Waals surface area contributed by atoms with Crippen LogP contribution in [0.5, 0.6) is 0 Å². The van der Waals surface area contributed by atoms with Crippen LogP contribution >= 0.6 is 0 Å². The number of aromatic nitrogens is 5. The molecule has 0 saturated carbocycles. The van der Waals surface area contributed by atoms with E-state index in [4.69, 9.17) is 0 Å². The predicted molar refractivity (Wildman–Crippen MR) is 98.9 cm³/mol. The molecule has 0 aromatic carbocycles. The predicted octanol–water partition coefficient (Wildman–Crippen LogP) is 2.07. The minimum absolute atomic E-state index is 0.0926. The van der Waals surface area contributed by atoms with Gasteiger partial charge in [0.05, 0.1) is 30.2 Å². The van der Waals surface area contributed by atoms with Crippen molar-refractivity contribution in [2.45, 2.75) is 32.4 Å². The summed E-state index contributed by atoms with van der Waals surface area (Å²) in [6, 6.07) is 7.30. The van der Waals surface area contributed by atoms with Gasteiger partial charge in [-0.05, 0) is 38.0 Å². The van der Waals surface area contributed by atoms with Gasteiger partial charge in [-0.2, -0.15) is 5.10 Å². The Morgan fingerprint density at radius 3 is 2.77 bits per heavy atom. The molecule has 26 heavy (non-hydrogen) atoms. The summed E-state index contributed by atoms with van der Waals surface area (Å²) in [5.41, 5.74) is 2.52. The summed E-state index contributed by atoms with van der Waals surface area (Å²) in [4.78, 5) is 27.4. The van der Waals surface area contributed by atoms with E-state index in [1.807, 2.05) is 19.1 Å². The lowest BCUT2D eigenvalue weighted by molar-refractivity contribution is 0.488. The maximum absolute atomic E-state index is 12.3. The quantitative estimate of drug-likeness (QED) is 0.718. The normalized spacial score (nSPS) is 16.8. The molecule has 0 radical (unpaired) electrons. The zero-order chi connectivity index (χ0) is 17.9. The number of anilines is 1. The first-order valence-electron chi connectivity index (χ1n) is 8.74. The Morgan fingerprint density at radius 1 is 1.12 bits per heavy atom. The number of aryl methyl sites for hydroxylation is 1. The largest absolute Gasteiger partial charge is 0.350 e. The molecule has 7 heteroatoms. The Labute approximate surface area is 151 Å². The minimum Gasteiger partial charge on any atom is -0.350 e. The third-order valence-electron chi connectivity index (χ3n) is 4.64. The maximum atomic E-state index is 12.3. The third-order valence-corrected chi connectivity index (χ3v) is 4.64. The SMILES string of the molecule is Cc1cncc(N2CCCC2Cn2nc(-c3ccncc3)ccc2=O)n1. The van der Waals surface area contributed by atoms with Crippen LogP contribution in [0.1, 0.15) is 18.5 Å². The molecule has 1 atom stereocenters. The molecule has 3 aromatic rings. The van der Waals surface area contributed by atoms with Crippen LogP contribution in [0, 0.1) is 6.92 Å². The fraction of sp³-hybridized carbons (Fsp3) is 0.316. The van der Waals surface area contributed by atoms with E-state index in [-0.39, 0.29) is 11.6 Å². The topological polar surface area (TPSA) is 76.8 Å². The lowest BCUT2D eigenvalue weighted by Crippen LogP contribution is -2.37. The van der Waals surface area contributed by atoms with Crippen molar-refractivity contribution in [2.24, 2.45) is 0 Å². The van der Waals surface area contributed by atoms with E-state index in [1.54, 1.807) is 41.6 Å². The Balaban J connectivity index is 1.61. The first-order chi connectivity index (χ1) is 12.7. The molecule has 1 aliphatic rings. The number of nitrogens with zero attached hydrogens (tertiary/aromatic N) is 6. The van der Waals surface area contributed by atoms with Crippen LogP contribution in [0.3, 0.4) is 0 Å². The Bertz CT molecular complexity index is 955. The Kier molecular flexibility index (Phi) is 4.43. The highest BCUT2D eigenvalue weighted by molar-refractivity contribution is 5.57. The van der Waals surface area contributed by atoms with E-state index in [0.717, 1.165) is 42.2 Å². The standard InChI is InChI=1S/C19H20N6O/c1-14-11-21-12-18(22-14)24-10-2-3-16(24)13-25-19(26)5-4-17(23-25)15-6-8-20-9-7-15/h4-9,11-12,16H,2-3,10,13H2,1H3. The Morgan fingerprint density at radius 2 is 1.96 bits per heavy atom. The molecule has 4 heterocycles. The van der Waals surface area contributed by atoms with Gasteiger partial charge >= 0.3 is 0 Å². The molecule has 7 nitrogen and oxygen atoms in total. The molecule has 1 saturated heterocycles. The van der Waals surface area contributed by atoms with Gasteiger partial charge in [0.2, 0.25) is 0 Å². The smallest absolute Gasteiger partial charge is 0.266 e. The number of hydrogen-bond donors (Lipinski definition) is 0. The second-order valence-corrected chi connectivity index (χ2v) is 6.48. The molecular weight excluding hydrogens is 328 g/mol. The van der Waals surface area contributed by atoms with Crippen molar-refractivity contribution in [1.82, 2.24) is 24.7 Å². The van der Waals surface area contributed by atoms with Gasteiger partial charge < -0.3 is 4.90 Å². The van der Waals surface area contributed by atoms with Crippen molar-refractivity contribution in [3.63, 3.8) is 0 Å². The molecule has 0 bridgehead atoms. The van der Waals surface area contributed by atoms with Crippen LogP contribution in [0.15, 0.2) is 53.8 Å². The van der Waals surface area contributed by atoms with E-state index in [2.05, 4.69) is 25.0 Å². The zero-order valence-corrected chi connectivity index (χ0v) is 14.6. The van der Waals surface area contributed by atoms with Crippen molar-refractivity contribution in [2.75, 3.05) is 11.4 Å². The summed E-state index contributed by atoms with van der Waals surface area (Å²) in [7, 11) is 0. The maximum Gasteiger partial charge on any atom is 0.266 e. The Hall–Kier alpha value is -3.09. The lowest BCUT2D eigenvalue weighted by Gasteiger charge is -2.25. The second-order valence-electron chi connectivity index (χ2n) is 6.48. The summed E-state index contributed by atoms with van der Waals surface area (Å²) in [5.74, 6) is 0.867. The van der Waals surface area contributed by atoms with Crippen LogP contribution in [0.4, 0.5) is 5.82 Å². The monoisotopic (exact) mass is 348 g/mol. The van der Waals surface area contributed by atoms with Gasteiger partial charge in [-0.25, -0.2) is 9.67 Å². The molecule has 1 aliphatic heterocycles. The highest BCUT2D eigenvalue weighted by Crippen LogP contribution is 2.24. The van der Waals surface area contributed by atoms with Gasteiger partial charge in [0, 0.05) is 36.8 Å². The first-order valence-corrected chi connectivity index (χ1v) is 8.74. The molecule has 0 N–H and O–H groups in total. The van der Waals surface area contributed by atoms with Crippen molar-refractivity contribution < 1.29 is 0 Å². The fourth-order valence-corrected chi connectivity index (χ4v) is 3.37. The van der Waals surface area contributed by atoms with Crippen LogP contribution in [0.2, 0.25) is 0 Å². The molecule has 1 unspecified atom stereocenters. The second kappa shape index (κ2) is 7.03. The summed E-state index contributed by atoms with van der Waals surface area (Å²) in [6.07, 6.45) is 9.05. The van der Waals surface area contributed by atoms with Gasteiger partial charge in [0.25, 0.3) is 5.56 Å². The van der Waals surface area contributed by atoms with Gasteiger partial charge in [-0.15, -0.1) is 0 Å². The van der Waals surface area contributed by atoms with E-state index in [1.165, 1.54) is 0 Å². The third kappa shape index (κ3) is 3.33. The van der Waals surface area contributed by atoms with Crippen molar-refractivity contribution >= 4 is 5.82 Å². The van der Waals surface area contributed by atoms with Crippen molar-refractivity contribution in [3.05, 3.63) is 65.1 Å². The zero-order valence-electron chi connectivity index (χ0n) is 14.6. The van der Waals surface area contributed by atoms with E-state index >= 15 is 0 Å². The van der Waals surface area contributed by atoms with E-state index < -0.39 is 0 Å². The van der Waals surface area contributed by atoms with Crippen LogP contribution in [0.25, 0.3) is 11.3 Å². The summed E-state index contributed by atoms with van der Waals surface area (Å²) >= 11 is 0. The summed E-state index contributed by atoms with van der Waals surface area (Å²) in [6.45, 7) is 3.39. The minimum atomic E-state index is -0.0926. The van der Waals surface area contributed by atoms with Crippen LogP contribution in [-0.4, -0.2) is 37.3 Å². The molecule has 1 fully saturated rings.